The lowest BCUT2D eigenvalue weighted by molar-refractivity contribution is -0.141. The van der Waals surface area contributed by atoms with Gasteiger partial charge < -0.3 is 10.4 Å². The highest BCUT2D eigenvalue weighted by Gasteiger charge is 2.51. The molecule has 0 radical (unpaired) electrons. The minimum absolute atomic E-state index is 0.0730. The van der Waals surface area contributed by atoms with Crippen LogP contribution in [-0.2, 0) is 23.4 Å². The van der Waals surface area contributed by atoms with Crippen molar-refractivity contribution in [1.82, 2.24) is 24.7 Å². The molecule has 0 spiro atoms. The van der Waals surface area contributed by atoms with Crippen LogP contribution in [0.3, 0.4) is 0 Å². The summed E-state index contributed by atoms with van der Waals surface area (Å²) in [5.41, 5.74) is 1.79. The number of carboxylic acid groups (broad SMARTS) is 1. The third-order valence-corrected chi connectivity index (χ3v) is 6.08. The zero-order chi connectivity index (χ0) is 24.8. The maximum absolute atomic E-state index is 13.0. The van der Waals surface area contributed by atoms with Crippen LogP contribution >= 0.6 is 0 Å². The van der Waals surface area contributed by atoms with Crippen LogP contribution in [0, 0.1) is 0 Å². The van der Waals surface area contributed by atoms with E-state index in [-0.39, 0.29) is 5.82 Å². The molecule has 5 rings (SSSR count). The summed E-state index contributed by atoms with van der Waals surface area (Å²) in [4.78, 5) is 23.3. The quantitative estimate of drug-likeness (QED) is 0.408. The lowest BCUT2D eigenvalue weighted by Crippen LogP contribution is -2.19. The van der Waals surface area contributed by atoms with Gasteiger partial charge in [-0.15, -0.1) is 0 Å². The summed E-state index contributed by atoms with van der Waals surface area (Å²) >= 11 is 0. The molecule has 3 heterocycles. The highest BCUT2D eigenvalue weighted by atomic mass is 19.4. The van der Waals surface area contributed by atoms with Crippen LogP contribution in [-0.4, -0.2) is 35.8 Å². The van der Waals surface area contributed by atoms with Crippen LogP contribution in [0.15, 0.2) is 61.2 Å². The molecule has 1 fully saturated rings. The lowest BCUT2D eigenvalue weighted by atomic mass is 9.94. The van der Waals surface area contributed by atoms with E-state index in [9.17, 15) is 23.1 Å². The summed E-state index contributed by atoms with van der Waals surface area (Å²) in [6.07, 6.45) is 1.77. The summed E-state index contributed by atoms with van der Waals surface area (Å²) in [5, 5.41) is 16.5. The summed E-state index contributed by atoms with van der Waals surface area (Å²) in [7, 11) is 1.65. The van der Waals surface area contributed by atoms with Gasteiger partial charge in [-0.2, -0.15) is 18.3 Å². The van der Waals surface area contributed by atoms with Crippen LogP contribution < -0.4 is 5.32 Å². The molecule has 178 valence electrons. The molecule has 0 amide bonds. The van der Waals surface area contributed by atoms with E-state index in [0.717, 1.165) is 16.7 Å². The lowest BCUT2D eigenvalue weighted by Gasteiger charge is -2.12. The zero-order valence-electron chi connectivity index (χ0n) is 18.4. The monoisotopic (exact) mass is 480 g/mol. The predicted molar refractivity (Wildman–Crippen MR) is 121 cm³/mol. The highest BCUT2D eigenvalue weighted by Crippen LogP contribution is 2.48. The van der Waals surface area contributed by atoms with Gasteiger partial charge in [0.25, 0.3) is 0 Å². The number of alkyl halides is 3. The Morgan fingerprint density at radius 1 is 1.03 bits per heavy atom. The van der Waals surface area contributed by atoms with Crippen molar-refractivity contribution in [2.45, 2.75) is 24.4 Å². The number of aryl methyl sites for hydroxylation is 1. The van der Waals surface area contributed by atoms with E-state index in [1.54, 1.807) is 25.5 Å². The average Bonchev–Trinajstić information content (AvgIpc) is 3.59. The van der Waals surface area contributed by atoms with Crippen LogP contribution in [0.4, 0.5) is 24.8 Å². The Labute approximate surface area is 197 Å². The van der Waals surface area contributed by atoms with Crippen molar-refractivity contribution in [3.05, 3.63) is 72.4 Å². The second-order valence-electron chi connectivity index (χ2n) is 8.34. The molecule has 11 heteroatoms. The Morgan fingerprint density at radius 2 is 1.74 bits per heavy atom. The van der Waals surface area contributed by atoms with Crippen LogP contribution in [0.1, 0.15) is 24.1 Å². The van der Waals surface area contributed by atoms with E-state index in [1.807, 2.05) is 30.3 Å². The summed E-state index contributed by atoms with van der Waals surface area (Å²) in [6.45, 7) is 0. The van der Waals surface area contributed by atoms with Gasteiger partial charge in [0.1, 0.15) is 5.82 Å². The molecule has 0 atom stereocenters. The topological polar surface area (TPSA) is 106 Å². The fraction of sp³-hybridized carbons (Fsp3) is 0.208. The molecule has 35 heavy (non-hydrogen) atoms. The summed E-state index contributed by atoms with van der Waals surface area (Å²) in [6, 6.07) is 11.1. The number of anilines is 2. The van der Waals surface area contributed by atoms with E-state index in [1.165, 1.54) is 10.9 Å². The third-order valence-electron chi connectivity index (χ3n) is 6.08. The molecule has 1 aromatic carbocycles. The van der Waals surface area contributed by atoms with Gasteiger partial charge in [-0.25, -0.2) is 4.98 Å². The van der Waals surface area contributed by atoms with E-state index in [0.29, 0.717) is 36.1 Å². The van der Waals surface area contributed by atoms with Crippen molar-refractivity contribution in [3.8, 4) is 22.4 Å². The van der Waals surface area contributed by atoms with Gasteiger partial charge in [-0.3, -0.25) is 19.4 Å². The summed E-state index contributed by atoms with van der Waals surface area (Å²) < 4.78 is 40.4. The molecule has 3 aromatic heterocycles. The first-order valence-corrected chi connectivity index (χ1v) is 10.7. The number of aliphatic carboxylic acids is 1. The first kappa shape index (κ1) is 22.5. The number of carbonyl (C=O) groups is 1. The van der Waals surface area contributed by atoms with Gasteiger partial charge in [0, 0.05) is 18.8 Å². The maximum atomic E-state index is 13.0. The van der Waals surface area contributed by atoms with E-state index in [2.05, 4.69) is 25.4 Å². The normalized spacial score (nSPS) is 14.5. The van der Waals surface area contributed by atoms with Gasteiger partial charge in [-0.1, -0.05) is 30.3 Å². The third kappa shape index (κ3) is 4.20. The predicted octanol–water partition coefficient (Wildman–Crippen LogP) is 4.82. The van der Waals surface area contributed by atoms with Crippen molar-refractivity contribution in [2.75, 3.05) is 5.32 Å². The number of aromatic nitrogens is 5. The number of pyridine rings is 1. The number of rotatable bonds is 6. The average molecular weight is 480 g/mol. The number of halogens is 3. The largest absolute Gasteiger partial charge is 0.481 e. The molecular formula is C24H19F3N6O2. The number of hydrogen-bond acceptors (Lipinski definition) is 6. The second kappa shape index (κ2) is 8.19. The standard InChI is InChI=1S/C24H19F3N6O2/c1-33-21(32-20-13-28-12-19(31-20)24(25,26)27)17(11-30-33)18-7-4-15(10-29-18)14-2-5-16(6-3-14)23(8-9-23)22(34)35/h2-7,10-13H,8-9H2,1H3,(H,31,32)(H,34,35). The number of nitrogens with one attached hydrogen (secondary N) is 1. The first-order valence-electron chi connectivity index (χ1n) is 10.7. The highest BCUT2D eigenvalue weighted by molar-refractivity contribution is 5.85. The minimum atomic E-state index is -4.61. The van der Waals surface area contributed by atoms with Gasteiger partial charge in [0.15, 0.2) is 11.5 Å². The number of nitrogens with zero attached hydrogens (tertiary/aromatic N) is 5. The Kier molecular flexibility index (Phi) is 5.27. The molecule has 0 aliphatic heterocycles. The molecule has 0 unspecified atom stereocenters. The zero-order valence-corrected chi connectivity index (χ0v) is 18.4. The number of benzene rings is 1. The molecule has 1 aliphatic rings. The van der Waals surface area contributed by atoms with Gasteiger partial charge in [0.05, 0.1) is 35.3 Å². The molecule has 2 N–H and O–H groups in total. The summed E-state index contributed by atoms with van der Waals surface area (Å²) in [5.74, 6) is -0.462. The van der Waals surface area contributed by atoms with Gasteiger partial charge in [0.2, 0.25) is 0 Å². The number of carboxylic acids is 1. The van der Waals surface area contributed by atoms with Crippen molar-refractivity contribution in [3.63, 3.8) is 0 Å². The van der Waals surface area contributed by atoms with Crippen molar-refractivity contribution < 1.29 is 23.1 Å². The molecule has 1 aliphatic carbocycles. The Bertz CT molecular complexity index is 1390. The fourth-order valence-electron chi connectivity index (χ4n) is 3.91. The van der Waals surface area contributed by atoms with E-state index >= 15 is 0 Å². The minimum Gasteiger partial charge on any atom is -0.481 e. The van der Waals surface area contributed by atoms with Crippen LogP contribution in [0.25, 0.3) is 22.4 Å². The van der Waals surface area contributed by atoms with Crippen molar-refractivity contribution >= 4 is 17.6 Å². The van der Waals surface area contributed by atoms with Crippen LogP contribution in [0.2, 0.25) is 0 Å². The molecular weight excluding hydrogens is 461 g/mol. The fourth-order valence-corrected chi connectivity index (χ4v) is 3.91. The van der Waals surface area contributed by atoms with Crippen molar-refractivity contribution in [1.29, 1.82) is 0 Å². The SMILES string of the molecule is Cn1ncc(-c2ccc(-c3ccc(C4(C(=O)O)CC4)cc3)cn2)c1Nc1cncc(C(F)(F)F)n1. The smallest absolute Gasteiger partial charge is 0.434 e. The van der Waals surface area contributed by atoms with Gasteiger partial charge >= 0.3 is 12.1 Å². The Balaban J connectivity index is 1.39. The van der Waals surface area contributed by atoms with Crippen LogP contribution in [0.5, 0.6) is 0 Å². The van der Waals surface area contributed by atoms with Crippen molar-refractivity contribution in [2.24, 2.45) is 7.05 Å². The molecule has 1 saturated carbocycles. The molecule has 0 saturated heterocycles. The molecule has 8 nitrogen and oxygen atoms in total. The Hall–Kier alpha value is -4.28. The van der Waals surface area contributed by atoms with E-state index < -0.39 is 23.3 Å². The molecule has 0 bridgehead atoms. The first-order chi connectivity index (χ1) is 16.7. The Morgan fingerprint density at radius 3 is 2.34 bits per heavy atom. The number of hydrogen-bond donors (Lipinski definition) is 2. The van der Waals surface area contributed by atoms with Gasteiger partial charge in [-0.05, 0) is 30.0 Å². The second-order valence-corrected chi connectivity index (χ2v) is 8.34. The molecule has 4 aromatic rings. The maximum Gasteiger partial charge on any atom is 0.434 e. The van der Waals surface area contributed by atoms with E-state index in [4.69, 9.17) is 0 Å².